The van der Waals surface area contributed by atoms with Crippen LogP contribution in [0.1, 0.15) is 0 Å². The van der Waals surface area contributed by atoms with E-state index in [4.69, 9.17) is 43.4 Å². The fourth-order valence-electron chi connectivity index (χ4n) is 0.265. The molecule has 0 unspecified atom stereocenters. The zero-order chi connectivity index (χ0) is 12.7. The van der Waals surface area contributed by atoms with Crippen LogP contribution < -0.4 is 51.4 Å². The van der Waals surface area contributed by atoms with Gasteiger partial charge in [-0.25, -0.2) is 0 Å². The largest absolute Gasteiger partial charge is 1.00 e. The van der Waals surface area contributed by atoms with Gasteiger partial charge in [0.25, 0.3) is 0 Å². The van der Waals surface area contributed by atoms with E-state index in [1.54, 1.807) is 0 Å². The Morgan fingerprint density at radius 3 is 0.688 bits per heavy atom. The van der Waals surface area contributed by atoms with Crippen LogP contribution in [0.2, 0.25) is 0 Å². The summed E-state index contributed by atoms with van der Waals surface area (Å²) in [7, 11) is -6.17. The van der Waals surface area contributed by atoms with E-state index in [9.17, 15) is 0 Å². The summed E-state index contributed by atoms with van der Waals surface area (Å²) in [6.45, 7) is 4.75. The third kappa shape index (κ3) is 2.07. The van der Waals surface area contributed by atoms with Gasteiger partial charge in [-0.2, -0.15) is 0 Å². The van der Waals surface area contributed by atoms with Crippen LogP contribution in [0.25, 0.3) is 0 Å². The molecular formula is C7FeKN7-4. The molecule has 0 aliphatic rings. The maximum absolute atomic E-state index is 8.58. The molecule has 0 aliphatic heterocycles. The van der Waals surface area contributed by atoms with Crippen LogP contribution >= 0.6 is 0 Å². The van der Waals surface area contributed by atoms with Gasteiger partial charge in [0, 0.05) is 0 Å². The summed E-state index contributed by atoms with van der Waals surface area (Å²) in [5.74, 6) is 0. The van der Waals surface area contributed by atoms with E-state index in [2.05, 4.69) is 0 Å². The summed E-state index contributed by atoms with van der Waals surface area (Å²) in [4.78, 5) is 6.19. The van der Waals surface area contributed by atoms with Crippen molar-refractivity contribution >= 4 is 0 Å². The number of rotatable bonds is 0. The van der Waals surface area contributed by atoms with Gasteiger partial charge in [-0.15, -0.1) is 0 Å². The summed E-state index contributed by atoms with van der Waals surface area (Å²) in [5, 5.41) is 57.7. The van der Waals surface area contributed by atoms with Gasteiger partial charge in [0.15, 0.2) is 0 Å². The summed E-state index contributed by atoms with van der Waals surface area (Å²) in [6.07, 6.45) is 0. The molecule has 0 aliphatic carbocycles. The van der Waals surface area contributed by atoms with Gasteiger partial charge in [0.05, 0.1) is 0 Å². The first-order valence-electron chi connectivity index (χ1n) is 2.63. The second-order valence-electron chi connectivity index (χ2n) is 1.80. The van der Waals surface area contributed by atoms with Gasteiger partial charge in [0.1, 0.15) is 0 Å². The smallest absolute Gasteiger partial charge is 0.512 e. The van der Waals surface area contributed by atoms with E-state index in [1.807, 2.05) is 0 Å². The Morgan fingerprint density at radius 1 is 0.562 bits per heavy atom. The summed E-state index contributed by atoms with van der Waals surface area (Å²) in [5.41, 5.74) is 0. The third-order valence-electron chi connectivity index (χ3n) is 1.19. The molecule has 0 atom stereocenters. The summed E-state index contributed by atoms with van der Waals surface area (Å²) >= 11 is 0. The molecule has 0 aromatic carbocycles. The van der Waals surface area contributed by atoms with Crippen LogP contribution in [0.3, 0.4) is 0 Å². The monoisotopic (exact) mass is 277 g/mol. The second-order valence-corrected chi connectivity index (χ2v) is 7.42. The van der Waals surface area contributed by atoms with Crippen molar-refractivity contribution in [2.24, 2.45) is 0 Å². The zero-order valence-electron chi connectivity index (χ0n) is 7.98. The normalized spacial score (nSPS) is 11.0. The van der Waals surface area contributed by atoms with Crippen LogP contribution in [-0.2, 0) is 10.7 Å². The van der Waals surface area contributed by atoms with Crippen LogP contribution in [0.15, 0.2) is 0 Å². The van der Waals surface area contributed by atoms with Crippen molar-refractivity contribution in [2.45, 2.75) is 0 Å². The van der Waals surface area contributed by atoms with E-state index >= 15 is 0 Å². The van der Waals surface area contributed by atoms with Gasteiger partial charge in [-0.1, -0.05) is 0 Å². The number of nitrogens with zero attached hydrogens (tertiary/aromatic N) is 7. The molecule has 0 aromatic heterocycles. The van der Waals surface area contributed by atoms with Crippen molar-refractivity contribution in [1.82, 2.24) is 0 Å². The first-order chi connectivity index (χ1) is 6.97. The van der Waals surface area contributed by atoms with E-state index < -0.39 is 10.7 Å². The molecule has 16 heavy (non-hydrogen) atoms. The number of hydrogen-bond acceptors (Lipinski definition) is 7. The molecule has 0 saturated carbocycles. The summed E-state index contributed by atoms with van der Waals surface area (Å²) in [6, 6.07) is 0. The molecule has 0 N–H and O–H groups in total. The zero-order valence-corrected chi connectivity index (χ0v) is 12.2. The maximum Gasteiger partial charge on any atom is 1.00 e. The quantitative estimate of drug-likeness (QED) is 0.340. The molecule has 0 saturated heterocycles. The van der Waals surface area contributed by atoms with E-state index in [0.29, 0.717) is 0 Å². The van der Waals surface area contributed by atoms with Crippen LogP contribution in [-0.4, -0.2) is 0 Å². The van der Waals surface area contributed by atoms with Crippen molar-refractivity contribution < 1.29 is 62.1 Å². The van der Waals surface area contributed by atoms with Gasteiger partial charge >= 0.3 is 123 Å². The molecule has 0 amide bonds. The van der Waals surface area contributed by atoms with Crippen molar-refractivity contribution in [3.63, 3.8) is 0 Å². The average molecular weight is 277 g/mol. The van der Waals surface area contributed by atoms with Gasteiger partial charge in [-0.05, 0) is 0 Å². The van der Waals surface area contributed by atoms with Crippen molar-refractivity contribution in [3.8, 4) is 29.8 Å². The minimum absolute atomic E-state index is 0. The molecule has 0 aromatic rings. The molecule has 76 valence electrons. The van der Waals surface area contributed by atoms with E-state index in [0.717, 1.165) is 29.8 Å². The Kier molecular flexibility index (Phi) is 7.03. The molecule has 7 nitrogen and oxygen atoms in total. The Morgan fingerprint density at radius 2 is 0.688 bits per heavy atom. The molecule has 0 radical (unpaired) electrons. The van der Waals surface area contributed by atoms with Crippen LogP contribution in [0.5, 0.6) is 0 Å². The predicted molar refractivity (Wildman–Crippen MR) is 38.6 cm³/mol. The Balaban J connectivity index is -0.000000529. The maximum atomic E-state index is 8.58. The van der Waals surface area contributed by atoms with Gasteiger partial charge < -0.3 is 11.8 Å². The Hall–Kier alpha value is -1.41. The fourth-order valence-corrected chi connectivity index (χ4v) is 1.09. The second kappa shape index (κ2) is 5.61. The minimum atomic E-state index is -6.17. The van der Waals surface area contributed by atoms with Crippen LogP contribution in [0.4, 0.5) is 0 Å². The molecule has 0 rings (SSSR count). The molecule has 0 spiro atoms. The Labute approximate surface area is 133 Å². The van der Waals surface area contributed by atoms with E-state index in [-0.39, 0.29) is 51.4 Å². The van der Waals surface area contributed by atoms with Gasteiger partial charge in [-0.3, -0.25) is 0 Å². The van der Waals surface area contributed by atoms with Crippen molar-refractivity contribution in [3.05, 3.63) is 6.57 Å². The molecule has 0 heterocycles. The predicted octanol–water partition coefficient (Wildman–Crippen LogP) is -2.80. The van der Waals surface area contributed by atoms with Crippen molar-refractivity contribution in [1.29, 1.82) is 36.8 Å². The minimum Gasteiger partial charge on any atom is -0.512 e. The average Bonchev–Trinajstić information content (AvgIpc) is 2.39. The van der Waals surface area contributed by atoms with Crippen LogP contribution in [0, 0.1) is 73.2 Å². The first-order valence-corrected chi connectivity index (χ1v) is 5.94. The van der Waals surface area contributed by atoms with Crippen molar-refractivity contribution in [2.75, 3.05) is 0 Å². The molecular weight excluding hydrogens is 277 g/mol. The SMILES string of the molecule is N#[C][Fe-4]([C]#N)([C]#N)([C]#N)([C]#N)[C]#N.[C-]#N.[K+]. The summed E-state index contributed by atoms with van der Waals surface area (Å²) < 4.78 is 0. The molecule has 9 heteroatoms. The van der Waals surface area contributed by atoms with Gasteiger partial charge in [0.2, 0.25) is 0 Å². The van der Waals surface area contributed by atoms with E-state index in [1.165, 1.54) is 0 Å². The fraction of sp³-hybridized carbons (Fsp3) is 0. The standard InChI is InChI=1S/7CN.Fe.K/c7*1-2;;/q;;;;;;-1;-4;+1. The first kappa shape index (κ1) is 20.1. The molecule has 0 bridgehead atoms. The molecule has 0 fully saturated rings. The topological polar surface area (TPSA) is 167 Å². The third-order valence-corrected chi connectivity index (χ3v) is 4.89. The Bertz CT molecular complexity index is 433. The number of nitriles is 6. The number of hydrogen-bond donors (Lipinski definition) is 0.